The number of hydrogen-bond acceptors (Lipinski definition) is 1. The van der Waals surface area contributed by atoms with Gasteiger partial charge in [-0.1, -0.05) is 0 Å². The lowest BCUT2D eigenvalue weighted by molar-refractivity contribution is 0.583. The molecule has 0 fully saturated rings. The maximum atomic E-state index is 13.5. The molecule has 0 bridgehead atoms. The SMILES string of the molecule is CN=C(NCCc1cc(F)ccc1F)NCc1ccn(C)c1. The van der Waals surface area contributed by atoms with E-state index in [0.717, 1.165) is 17.7 Å². The third-order valence-corrected chi connectivity index (χ3v) is 3.27. The van der Waals surface area contributed by atoms with Crippen LogP contribution in [-0.2, 0) is 20.0 Å². The number of benzene rings is 1. The number of halogens is 2. The number of aryl methyl sites for hydroxylation is 1. The summed E-state index contributed by atoms with van der Waals surface area (Å²) in [6, 6.07) is 5.50. The minimum atomic E-state index is -0.428. The lowest BCUT2D eigenvalue weighted by Crippen LogP contribution is -2.37. The number of aromatic nitrogens is 1. The molecule has 1 aromatic heterocycles. The molecule has 22 heavy (non-hydrogen) atoms. The topological polar surface area (TPSA) is 41.4 Å². The maximum Gasteiger partial charge on any atom is 0.191 e. The number of guanidine groups is 1. The molecule has 2 aromatic rings. The molecule has 0 amide bonds. The predicted molar refractivity (Wildman–Crippen MR) is 83.7 cm³/mol. The van der Waals surface area contributed by atoms with Crippen molar-refractivity contribution in [2.75, 3.05) is 13.6 Å². The van der Waals surface area contributed by atoms with Crippen LogP contribution < -0.4 is 10.6 Å². The van der Waals surface area contributed by atoms with Gasteiger partial charge in [0.25, 0.3) is 0 Å². The summed E-state index contributed by atoms with van der Waals surface area (Å²) in [7, 11) is 3.63. The van der Waals surface area contributed by atoms with E-state index in [1.165, 1.54) is 6.07 Å². The number of nitrogens with one attached hydrogen (secondary N) is 2. The van der Waals surface area contributed by atoms with Crippen LogP contribution in [0.5, 0.6) is 0 Å². The van der Waals surface area contributed by atoms with E-state index in [2.05, 4.69) is 15.6 Å². The highest BCUT2D eigenvalue weighted by Gasteiger charge is 2.04. The summed E-state index contributed by atoms with van der Waals surface area (Å²) in [4.78, 5) is 4.10. The molecule has 0 saturated carbocycles. The average molecular weight is 306 g/mol. The Morgan fingerprint density at radius 1 is 1.23 bits per heavy atom. The van der Waals surface area contributed by atoms with Crippen LogP contribution in [0.3, 0.4) is 0 Å². The molecule has 1 aromatic carbocycles. The van der Waals surface area contributed by atoms with Crippen LogP contribution in [0.4, 0.5) is 8.78 Å². The Morgan fingerprint density at radius 2 is 2.05 bits per heavy atom. The summed E-state index contributed by atoms with van der Waals surface area (Å²) >= 11 is 0. The van der Waals surface area contributed by atoms with Crippen molar-refractivity contribution in [2.45, 2.75) is 13.0 Å². The van der Waals surface area contributed by atoms with Crippen molar-refractivity contribution in [2.24, 2.45) is 12.0 Å². The molecule has 0 unspecified atom stereocenters. The molecule has 4 nitrogen and oxygen atoms in total. The van der Waals surface area contributed by atoms with Gasteiger partial charge in [-0.05, 0) is 41.8 Å². The molecule has 0 radical (unpaired) electrons. The normalized spacial score (nSPS) is 11.5. The van der Waals surface area contributed by atoms with E-state index in [4.69, 9.17) is 0 Å². The first-order valence-corrected chi connectivity index (χ1v) is 7.08. The first kappa shape index (κ1) is 16.0. The third-order valence-electron chi connectivity index (χ3n) is 3.27. The zero-order valence-electron chi connectivity index (χ0n) is 12.7. The first-order valence-electron chi connectivity index (χ1n) is 7.08. The minimum absolute atomic E-state index is 0.353. The summed E-state index contributed by atoms with van der Waals surface area (Å²) < 4.78 is 28.6. The van der Waals surface area contributed by atoms with E-state index in [1.54, 1.807) is 7.05 Å². The van der Waals surface area contributed by atoms with Crippen LogP contribution in [0.2, 0.25) is 0 Å². The van der Waals surface area contributed by atoms with Crippen molar-refractivity contribution in [3.8, 4) is 0 Å². The van der Waals surface area contributed by atoms with Crippen LogP contribution in [0.25, 0.3) is 0 Å². The fourth-order valence-corrected chi connectivity index (χ4v) is 2.12. The van der Waals surface area contributed by atoms with Gasteiger partial charge in [0, 0.05) is 39.6 Å². The zero-order chi connectivity index (χ0) is 15.9. The molecule has 0 spiro atoms. The lowest BCUT2D eigenvalue weighted by atomic mass is 10.1. The van der Waals surface area contributed by atoms with Gasteiger partial charge < -0.3 is 15.2 Å². The Labute approximate surface area is 128 Å². The van der Waals surface area contributed by atoms with Gasteiger partial charge in [-0.25, -0.2) is 8.78 Å². The number of nitrogens with zero attached hydrogens (tertiary/aromatic N) is 2. The molecule has 0 atom stereocenters. The summed E-state index contributed by atoms with van der Waals surface area (Å²) in [6.07, 6.45) is 4.37. The Morgan fingerprint density at radius 3 is 2.73 bits per heavy atom. The van der Waals surface area contributed by atoms with Crippen molar-refractivity contribution in [3.63, 3.8) is 0 Å². The van der Waals surface area contributed by atoms with Crippen LogP contribution in [0, 0.1) is 11.6 Å². The van der Waals surface area contributed by atoms with Crippen LogP contribution >= 0.6 is 0 Å². The van der Waals surface area contributed by atoms with E-state index in [9.17, 15) is 8.78 Å². The Bertz CT molecular complexity index is 649. The molecular weight excluding hydrogens is 286 g/mol. The molecule has 6 heteroatoms. The van der Waals surface area contributed by atoms with Crippen molar-refractivity contribution in [3.05, 3.63) is 59.4 Å². The first-order chi connectivity index (χ1) is 10.6. The third kappa shape index (κ3) is 4.58. The van der Waals surface area contributed by atoms with Crippen molar-refractivity contribution in [1.82, 2.24) is 15.2 Å². The predicted octanol–water partition coefficient (Wildman–Crippen LogP) is 2.21. The minimum Gasteiger partial charge on any atom is -0.357 e. The number of rotatable bonds is 5. The largest absolute Gasteiger partial charge is 0.357 e. The average Bonchev–Trinajstić information content (AvgIpc) is 2.91. The molecule has 0 saturated heterocycles. The second-order valence-corrected chi connectivity index (χ2v) is 5.02. The van der Waals surface area contributed by atoms with Crippen molar-refractivity contribution >= 4 is 5.96 Å². The molecular formula is C16H20F2N4. The van der Waals surface area contributed by atoms with E-state index in [1.807, 2.05) is 30.1 Å². The number of hydrogen-bond donors (Lipinski definition) is 2. The molecule has 0 aliphatic carbocycles. The second-order valence-electron chi connectivity index (χ2n) is 5.02. The van der Waals surface area contributed by atoms with Crippen LogP contribution in [0.1, 0.15) is 11.1 Å². The van der Waals surface area contributed by atoms with Gasteiger partial charge in [-0.3, -0.25) is 4.99 Å². The van der Waals surface area contributed by atoms with Gasteiger partial charge in [0.1, 0.15) is 11.6 Å². The summed E-state index contributed by atoms with van der Waals surface area (Å²) in [5.41, 5.74) is 1.49. The van der Waals surface area contributed by atoms with Crippen molar-refractivity contribution in [1.29, 1.82) is 0 Å². The zero-order valence-corrected chi connectivity index (χ0v) is 12.7. The highest BCUT2D eigenvalue weighted by molar-refractivity contribution is 5.79. The smallest absolute Gasteiger partial charge is 0.191 e. The monoisotopic (exact) mass is 306 g/mol. The van der Waals surface area contributed by atoms with E-state index < -0.39 is 11.6 Å². The Hall–Kier alpha value is -2.37. The highest BCUT2D eigenvalue weighted by atomic mass is 19.1. The van der Waals surface area contributed by atoms with Gasteiger partial charge in [0.2, 0.25) is 0 Å². The van der Waals surface area contributed by atoms with E-state index in [0.29, 0.717) is 31.0 Å². The van der Waals surface area contributed by atoms with E-state index in [-0.39, 0.29) is 0 Å². The Kier molecular flexibility index (Phi) is 5.52. The van der Waals surface area contributed by atoms with Crippen molar-refractivity contribution < 1.29 is 8.78 Å². The summed E-state index contributed by atoms with van der Waals surface area (Å²) in [6.45, 7) is 1.11. The van der Waals surface area contributed by atoms with Gasteiger partial charge >= 0.3 is 0 Å². The summed E-state index contributed by atoms with van der Waals surface area (Å²) in [5.74, 6) is -0.195. The fourth-order valence-electron chi connectivity index (χ4n) is 2.12. The summed E-state index contributed by atoms with van der Waals surface area (Å²) in [5, 5.41) is 6.25. The Balaban J connectivity index is 1.80. The molecule has 0 aliphatic rings. The lowest BCUT2D eigenvalue weighted by Gasteiger charge is -2.11. The molecule has 118 valence electrons. The second kappa shape index (κ2) is 7.59. The maximum absolute atomic E-state index is 13.5. The molecule has 2 N–H and O–H groups in total. The molecule has 2 rings (SSSR count). The van der Waals surface area contributed by atoms with Crippen LogP contribution in [0.15, 0.2) is 41.7 Å². The fraction of sp³-hybridized carbons (Fsp3) is 0.312. The van der Waals surface area contributed by atoms with E-state index >= 15 is 0 Å². The number of aliphatic imine (C=N–C) groups is 1. The highest BCUT2D eigenvalue weighted by Crippen LogP contribution is 2.09. The van der Waals surface area contributed by atoms with Gasteiger partial charge in [-0.15, -0.1) is 0 Å². The van der Waals surface area contributed by atoms with Gasteiger partial charge in [0.15, 0.2) is 5.96 Å². The molecule has 1 heterocycles. The van der Waals surface area contributed by atoms with Gasteiger partial charge in [-0.2, -0.15) is 0 Å². The standard InChI is InChI=1S/C16H20F2N4/c1-19-16(21-10-12-6-8-22(2)11-12)20-7-5-13-9-14(17)3-4-15(13)18/h3-4,6,8-9,11H,5,7,10H2,1-2H3,(H2,19,20,21). The quantitative estimate of drug-likeness (QED) is 0.657. The molecule has 0 aliphatic heterocycles. The van der Waals surface area contributed by atoms with Gasteiger partial charge in [0.05, 0.1) is 0 Å². The van der Waals surface area contributed by atoms with Crippen LogP contribution in [-0.4, -0.2) is 24.1 Å².